The van der Waals surface area contributed by atoms with Gasteiger partial charge in [0, 0.05) is 12.6 Å². The lowest BCUT2D eigenvalue weighted by Crippen LogP contribution is -2.30. The maximum atomic E-state index is 5.78. The highest BCUT2D eigenvalue weighted by molar-refractivity contribution is 5.51. The molecular formula is C13H20N2O. The molecule has 0 aromatic heterocycles. The Morgan fingerprint density at radius 3 is 2.75 bits per heavy atom. The van der Waals surface area contributed by atoms with Crippen LogP contribution in [-0.4, -0.2) is 19.2 Å². The average Bonchev–Trinajstić information content (AvgIpc) is 2.79. The molecule has 0 spiro atoms. The molecule has 1 aromatic carbocycles. The van der Waals surface area contributed by atoms with Crippen LogP contribution in [0, 0.1) is 0 Å². The molecule has 1 fully saturated rings. The second-order valence-corrected chi connectivity index (χ2v) is 4.32. The Balaban J connectivity index is 1.66. The molecule has 3 heteroatoms. The van der Waals surface area contributed by atoms with Crippen LogP contribution >= 0.6 is 0 Å². The van der Waals surface area contributed by atoms with Crippen molar-refractivity contribution in [3.8, 4) is 5.75 Å². The summed E-state index contributed by atoms with van der Waals surface area (Å²) in [7, 11) is 0. The lowest BCUT2D eigenvalue weighted by molar-refractivity contribution is 0.306. The number of para-hydroxylation sites is 2. The number of nitrogens with one attached hydrogen (secondary N) is 1. The number of anilines is 1. The van der Waals surface area contributed by atoms with Crippen molar-refractivity contribution in [3.63, 3.8) is 0 Å². The van der Waals surface area contributed by atoms with Gasteiger partial charge in [-0.1, -0.05) is 25.0 Å². The van der Waals surface area contributed by atoms with Crippen LogP contribution in [0.4, 0.5) is 5.69 Å². The van der Waals surface area contributed by atoms with Gasteiger partial charge in [0.1, 0.15) is 12.4 Å². The van der Waals surface area contributed by atoms with E-state index in [9.17, 15) is 0 Å². The van der Waals surface area contributed by atoms with Crippen molar-refractivity contribution in [1.82, 2.24) is 5.32 Å². The largest absolute Gasteiger partial charge is 0.490 e. The Morgan fingerprint density at radius 2 is 2.00 bits per heavy atom. The van der Waals surface area contributed by atoms with E-state index in [0.29, 0.717) is 18.3 Å². The minimum atomic E-state index is 0.685. The van der Waals surface area contributed by atoms with E-state index in [0.717, 1.165) is 12.3 Å². The summed E-state index contributed by atoms with van der Waals surface area (Å²) < 4.78 is 5.61. The van der Waals surface area contributed by atoms with Gasteiger partial charge in [0.2, 0.25) is 0 Å². The fourth-order valence-electron chi connectivity index (χ4n) is 2.17. The standard InChI is InChI=1S/C13H20N2O/c14-12-7-3-4-8-13(12)16-10-9-15-11-5-1-2-6-11/h3-4,7-8,11,15H,1-2,5-6,9-10,14H2. The van der Waals surface area contributed by atoms with E-state index in [1.807, 2.05) is 24.3 Å². The van der Waals surface area contributed by atoms with Gasteiger partial charge in [0.15, 0.2) is 0 Å². The first-order valence-electron chi connectivity index (χ1n) is 6.07. The number of ether oxygens (including phenoxy) is 1. The van der Waals surface area contributed by atoms with Crippen LogP contribution in [0.1, 0.15) is 25.7 Å². The molecule has 2 rings (SSSR count). The van der Waals surface area contributed by atoms with E-state index in [-0.39, 0.29) is 0 Å². The average molecular weight is 220 g/mol. The van der Waals surface area contributed by atoms with Crippen LogP contribution in [0.15, 0.2) is 24.3 Å². The fourth-order valence-corrected chi connectivity index (χ4v) is 2.17. The van der Waals surface area contributed by atoms with Gasteiger partial charge in [-0.2, -0.15) is 0 Å². The zero-order chi connectivity index (χ0) is 11.2. The summed E-state index contributed by atoms with van der Waals surface area (Å²) in [6, 6.07) is 8.33. The molecule has 0 heterocycles. The summed E-state index contributed by atoms with van der Waals surface area (Å²) in [5.41, 5.74) is 6.49. The lowest BCUT2D eigenvalue weighted by Gasteiger charge is -2.13. The molecule has 0 saturated heterocycles. The number of hydrogen-bond acceptors (Lipinski definition) is 3. The Kier molecular flexibility index (Phi) is 4.05. The van der Waals surface area contributed by atoms with Crippen LogP contribution in [0.3, 0.4) is 0 Å². The van der Waals surface area contributed by atoms with Crippen LogP contribution in [0.25, 0.3) is 0 Å². The van der Waals surface area contributed by atoms with Crippen molar-refractivity contribution in [2.24, 2.45) is 0 Å². The maximum absolute atomic E-state index is 5.78. The van der Waals surface area contributed by atoms with E-state index < -0.39 is 0 Å². The molecule has 16 heavy (non-hydrogen) atoms. The Labute approximate surface area is 97.0 Å². The first-order chi connectivity index (χ1) is 7.86. The molecule has 3 N–H and O–H groups in total. The Hall–Kier alpha value is -1.22. The summed E-state index contributed by atoms with van der Waals surface area (Å²) in [6.45, 7) is 1.59. The van der Waals surface area contributed by atoms with Gasteiger partial charge in [0.25, 0.3) is 0 Å². The highest BCUT2D eigenvalue weighted by Crippen LogP contribution is 2.20. The SMILES string of the molecule is Nc1ccccc1OCCNC1CCCC1. The van der Waals surface area contributed by atoms with E-state index in [2.05, 4.69) is 5.32 Å². The van der Waals surface area contributed by atoms with Crippen molar-refractivity contribution in [3.05, 3.63) is 24.3 Å². The first kappa shape index (κ1) is 11.3. The second kappa shape index (κ2) is 5.75. The van der Waals surface area contributed by atoms with Gasteiger partial charge in [-0.15, -0.1) is 0 Å². The molecular weight excluding hydrogens is 200 g/mol. The second-order valence-electron chi connectivity index (χ2n) is 4.32. The van der Waals surface area contributed by atoms with Crippen molar-refractivity contribution < 1.29 is 4.74 Å². The van der Waals surface area contributed by atoms with Gasteiger partial charge in [0.05, 0.1) is 5.69 Å². The van der Waals surface area contributed by atoms with Crippen LogP contribution in [-0.2, 0) is 0 Å². The number of rotatable bonds is 5. The van der Waals surface area contributed by atoms with Gasteiger partial charge in [-0.3, -0.25) is 0 Å². The minimum Gasteiger partial charge on any atom is -0.490 e. The molecule has 0 radical (unpaired) electrons. The van der Waals surface area contributed by atoms with Gasteiger partial charge in [-0.05, 0) is 25.0 Å². The third kappa shape index (κ3) is 3.14. The lowest BCUT2D eigenvalue weighted by atomic mass is 10.2. The molecule has 3 nitrogen and oxygen atoms in total. The predicted octanol–water partition coefficient (Wildman–Crippen LogP) is 2.18. The van der Waals surface area contributed by atoms with E-state index in [4.69, 9.17) is 10.5 Å². The zero-order valence-corrected chi connectivity index (χ0v) is 9.61. The molecule has 1 aliphatic rings. The molecule has 0 aliphatic heterocycles. The normalized spacial score (nSPS) is 16.5. The Morgan fingerprint density at radius 1 is 1.25 bits per heavy atom. The summed E-state index contributed by atoms with van der Waals surface area (Å²) in [6.07, 6.45) is 5.36. The van der Waals surface area contributed by atoms with Crippen LogP contribution in [0.5, 0.6) is 5.75 Å². The van der Waals surface area contributed by atoms with Gasteiger partial charge in [-0.25, -0.2) is 0 Å². The number of nitrogens with two attached hydrogens (primary N) is 1. The maximum Gasteiger partial charge on any atom is 0.142 e. The predicted molar refractivity (Wildman–Crippen MR) is 66.6 cm³/mol. The van der Waals surface area contributed by atoms with Crippen molar-refractivity contribution >= 4 is 5.69 Å². The van der Waals surface area contributed by atoms with Crippen LogP contribution < -0.4 is 15.8 Å². The highest BCUT2D eigenvalue weighted by atomic mass is 16.5. The van der Waals surface area contributed by atoms with E-state index in [1.54, 1.807) is 0 Å². The highest BCUT2D eigenvalue weighted by Gasteiger charge is 2.13. The summed E-state index contributed by atoms with van der Waals surface area (Å²) >= 11 is 0. The molecule has 88 valence electrons. The summed E-state index contributed by atoms with van der Waals surface area (Å²) in [4.78, 5) is 0. The molecule has 0 atom stereocenters. The van der Waals surface area contributed by atoms with Crippen molar-refractivity contribution in [1.29, 1.82) is 0 Å². The third-order valence-corrected chi connectivity index (χ3v) is 3.07. The van der Waals surface area contributed by atoms with Crippen molar-refractivity contribution in [2.45, 2.75) is 31.7 Å². The Bertz CT molecular complexity index is 321. The van der Waals surface area contributed by atoms with E-state index >= 15 is 0 Å². The number of hydrogen-bond donors (Lipinski definition) is 2. The van der Waals surface area contributed by atoms with Gasteiger partial charge >= 0.3 is 0 Å². The summed E-state index contributed by atoms with van der Waals surface area (Å²) in [5, 5.41) is 3.51. The third-order valence-electron chi connectivity index (χ3n) is 3.07. The van der Waals surface area contributed by atoms with Crippen molar-refractivity contribution in [2.75, 3.05) is 18.9 Å². The number of benzene rings is 1. The molecule has 1 aliphatic carbocycles. The monoisotopic (exact) mass is 220 g/mol. The summed E-state index contributed by atoms with van der Waals surface area (Å²) in [5.74, 6) is 0.788. The van der Waals surface area contributed by atoms with Crippen LogP contribution in [0.2, 0.25) is 0 Å². The first-order valence-corrected chi connectivity index (χ1v) is 6.07. The molecule has 1 saturated carbocycles. The topological polar surface area (TPSA) is 47.3 Å². The molecule has 1 aromatic rings. The number of nitrogen functional groups attached to an aromatic ring is 1. The van der Waals surface area contributed by atoms with E-state index in [1.165, 1.54) is 25.7 Å². The molecule has 0 bridgehead atoms. The fraction of sp³-hybridized carbons (Fsp3) is 0.538. The quantitative estimate of drug-likeness (QED) is 0.590. The van der Waals surface area contributed by atoms with Gasteiger partial charge < -0.3 is 15.8 Å². The smallest absolute Gasteiger partial charge is 0.142 e. The zero-order valence-electron chi connectivity index (χ0n) is 9.61. The molecule has 0 amide bonds. The molecule has 0 unspecified atom stereocenters. The minimum absolute atomic E-state index is 0.685.